The maximum Gasteiger partial charge on any atom is 0.201 e. The van der Waals surface area contributed by atoms with Gasteiger partial charge in [-0.05, 0) is 24.3 Å². The fourth-order valence-electron chi connectivity index (χ4n) is 1.49. The summed E-state index contributed by atoms with van der Waals surface area (Å²) in [5.74, 6) is 0.296. The van der Waals surface area contributed by atoms with Crippen molar-refractivity contribution < 1.29 is 4.42 Å². The SMILES string of the molecule is N#C/C(=N\Nc1ccccc1-c1ccco1)C(=N)N. The van der Waals surface area contributed by atoms with E-state index < -0.39 is 0 Å². The van der Waals surface area contributed by atoms with Crippen molar-refractivity contribution in [1.29, 1.82) is 10.7 Å². The molecule has 0 saturated carbocycles. The van der Waals surface area contributed by atoms with Gasteiger partial charge in [0.2, 0.25) is 5.71 Å². The van der Waals surface area contributed by atoms with E-state index in [0.29, 0.717) is 11.4 Å². The molecule has 6 nitrogen and oxygen atoms in total. The van der Waals surface area contributed by atoms with Crippen LogP contribution in [0.5, 0.6) is 0 Å². The molecule has 0 fully saturated rings. The second-order valence-corrected chi connectivity index (χ2v) is 3.62. The molecular formula is C13H11N5O. The summed E-state index contributed by atoms with van der Waals surface area (Å²) in [4.78, 5) is 0. The topological polar surface area (TPSA) is 111 Å². The molecule has 0 bridgehead atoms. The lowest BCUT2D eigenvalue weighted by molar-refractivity contribution is 0.582. The number of hydrogen-bond acceptors (Lipinski definition) is 5. The summed E-state index contributed by atoms with van der Waals surface area (Å²) in [7, 11) is 0. The summed E-state index contributed by atoms with van der Waals surface area (Å²) < 4.78 is 5.32. The molecule has 1 aromatic carbocycles. The number of amidine groups is 1. The summed E-state index contributed by atoms with van der Waals surface area (Å²) in [5, 5.41) is 19.7. The fourth-order valence-corrected chi connectivity index (χ4v) is 1.49. The molecule has 0 atom stereocenters. The molecule has 0 aliphatic heterocycles. The Labute approximate surface area is 109 Å². The van der Waals surface area contributed by atoms with Gasteiger partial charge < -0.3 is 10.2 Å². The maximum absolute atomic E-state index is 8.77. The lowest BCUT2D eigenvalue weighted by Crippen LogP contribution is -2.21. The Kier molecular flexibility index (Phi) is 3.59. The van der Waals surface area contributed by atoms with Gasteiger partial charge in [0.1, 0.15) is 11.8 Å². The molecule has 0 saturated heterocycles. The van der Waals surface area contributed by atoms with Crippen molar-refractivity contribution >= 4 is 17.2 Å². The highest BCUT2D eigenvalue weighted by atomic mass is 16.3. The largest absolute Gasteiger partial charge is 0.464 e. The third-order valence-electron chi connectivity index (χ3n) is 2.36. The molecule has 2 rings (SSSR count). The first-order chi connectivity index (χ1) is 9.22. The lowest BCUT2D eigenvalue weighted by Gasteiger charge is -2.06. The van der Waals surface area contributed by atoms with E-state index in [1.54, 1.807) is 24.5 Å². The van der Waals surface area contributed by atoms with Gasteiger partial charge in [-0.1, -0.05) is 12.1 Å². The highest BCUT2D eigenvalue weighted by Crippen LogP contribution is 2.27. The minimum atomic E-state index is -0.384. The van der Waals surface area contributed by atoms with E-state index in [9.17, 15) is 0 Å². The summed E-state index contributed by atoms with van der Waals surface area (Å²) in [6.07, 6.45) is 1.58. The molecule has 2 aromatic rings. The summed E-state index contributed by atoms with van der Waals surface area (Å²) in [6, 6.07) is 12.7. The second-order valence-electron chi connectivity index (χ2n) is 3.62. The van der Waals surface area contributed by atoms with Crippen molar-refractivity contribution in [2.45, 2.75) is 0 Å². The van der Waals surface area contributed by atoms with E-state index >= 15 is 0 Å². The summed E-state index contributed by atoms with van der Waals surface area (Å²) in [6.45, 7) is 0. The molecule has 0 spiro atoms. The van der Waals surface area contributed by atoms with Crippen LogP contribution in [0.3, 0.4) is 0 Å². The van der Waals surface area contributed by atoms with Gasteiger partial charge in [-0.25, -0.2) is 0 Å². The summed E-state index contributed by atoms with van der Waals surface area (Å²) in [5.41, 5.74) is 9.22. The molecule has 94 valence electrons. The third kappa shape index (κ3) is 2.79. The Hall–Kier alpha value is -3.07. The van der Waals surface area contributed by atoms with Crippen LogP contribution >= 0.6 is 0 Å². The monoisotopic (exact) mass is 253 g/mol. The number of nitriles is 1. The summed E-state index contributed by atoms with van der Waals surface area (Å²) >= 11 is 0. The van der Waals surface area contributed by atoms with Crippen LogP contribution < -0.4 is 11.2 Å². The number of rotatable bonds is 4. The molecule has 0 radical (unpaired) electrons. The minimum absolute atomic E-state index is 0.172. The number of para-hydroxylation sites is 1. The van der Waals surface area contributed by atoms with Gasteiger partial charge in [0.15, 0.2) is 5.84 Å². The van der Waals surface area contributed by atoms with E-state index in [4.69, 9.17) is 20.8 Å². The van der Waals surface area contributed by atoms with Crippen LogP contribution in [-0.4, -0.2) is 11.5 Å². The zero-order valence-corrected chi connectivity index (χ0v) is 9.92. The molecule has 0 aliphatic carbocycles. The standard InChI is InChI=1S/C13H11N5O/c14-8-11(13(15)16)18-17-10-5-2-1-4-9(10)12-6-3-7-19-12/h1-7,17H,(H3,15,16)/b18-11+. The second kappa shape index (κ2) is 5.51. The van der Waals surface area contributed by atoms with E-state index in [-0.39, 0.29) is 11.5 Å². The number of nitrogens with two attached hydrogens (primary N) is 1. The number of nitrogens with one attached hydrogen (secondary N) is 2. The molecule has 4 N–H and O–H groups in total. The predicted octanol–water partition coefficient (Wildman–Crippen LogP) is 2.17. The van der Waals surface area contributed by atoms with Crippen LogP contribution in [0.25, 0.3) is 11.3 Å². The van der Waals surface area contributed by atoms with Crippen molar-refractivity contribution in [3.8, 4) is 17.4 Å². The Morgan fingerprint density at radius 2 is 2.11 bits per heavy atom. The van der Waals surface area contributed by atoms with Crippen LogP contribution in [-0.2, 0) is 0 Å². The number of benzene rings is 1. The van der Waals surface area contributed by atoms with E-state index in [1.165, 1.54) is 0 Å². The van der Waals surface area contributed by atoms with Gasteiger partial charge in [0, 0.05) is 5.56 Å². The van der Waals surface area contributed by atoms with Gasteiger partial charge in [-0.15, -0.1) is 0 Å². The van der Waals surface area contributed by atoms with E-state index in [0.717, 1.165) is 5.56 Å². The van der Waals surface area contributed by atoms with Crippen molar-refractivity contribution in [3.05, 3.63) is 42.7 Å². The molecule has 1 aromatic heterocycles. The van der Waals surface area contributed by atoms with Crippen LogP contribution in [0, 0.1) is 16.7 Å². The van der Waals surface area contributed by atoms with Gasteiger partial charge in [0.05, 0.1) is 12.0 Å². The van der Waals surface area contributed by atoms with Crippen molar-refractivity contribution in [1.82, 2.24) is 0 Å². The zero-order valence-electron chi connectivity index (χ0n) is 9.92. The number of nitrogens with zero attached hydrogens (tertiary/aromatic N) is 2. The third-order valence-corrected chi connectivity index (χ3v) is 2.36. The molecular weight excluding hydrogens is 242 g/mol. The number of hydrogen-bond donors (Lipinski definition) is 3. The Bertz CT molecular complexity index is 652. The van der Waals surface area contributed by atoms with Crippen molar-refractivity contribution in [2.24, 2.45) is 10.8 Å². The van der Waals surface area contributed by atoms with Gasteiger partial charge >= 0.3 is 0 Å². The molecule has 6 heteroatoms. The van der Waals surface area contributed by atoms with Crippen LogP contribution in [0.2, 0.25) is 0 Å². The maximum atomic E-state index is 8.77. The zero-order chi connectivity index (χ0) is 13.7. The van der Waals surface area contributed by atoms with E-state index in [1.807, 2.05) is 24.3 Å². The Morgan fingerprint density at radius 1 is 1.32 bits per heavy atom. The highest BCUT2D eigenvalue weighted by Gasteiger charge is 2.07. The quantitative estimate of drug-likeness (QED) is 0.440. The molecule has 0 amide bonds. The first-order valence-corrected chi connectivity index (χ1v) is 5.43. The van der Waals surface area contributed by atoms with Gasteiger partial charge in [0.25, 0.3) is 0 Å². The van der Waals surface area contributed by atoms with Crippen LogP contribution in [0.4, 0.5) is 5.69 Å². The molecule has 0 unspecified atom stereocenters. The minimum Gasteiger partial charge on any atom is -0.464 e. The first kappa shape index (κ1) is 12.4. The smallest absolute Gasteiger partial charge is 0.201 e. The number of hydrazone groups is 1. The van der Waals surface area contributed by atoms with Crippen LogP contribution in [0.15, 0.2) is 52.2 Å². The predicted molar refractivity (Wildman–Crippen MR) is 72.7 cm³/mol. The molecule has 0 aliphatic rings. The normalized spacial score (nSPS) is 10.8. The highest BCUT2D eigenvalue weighted by molar-refractivity contribution is 6.45. The average molecular weight is 253 g/mol. The van der Waals surface area contributed by atoms with Crippen molar-refractivity contribution in [3.63, 3.8) is 0 Å². The van der Waals surface area contributed by atoms with E-state index in [2.05, 4.69) is 10.5 Å². The number of furan rings is 1. The molecule has 19 heavy (non-hydrogen) atoms. The van der Waals surface area contributed by atoms with Gasteiger partial charge in [-0.3, -0.25) is 10.8 Å². The first-order valence-electron chi connectivity index (χ1n) is 5.43. The van der Waals surface area contributed by atoms with Gasteiger partial charge in [-0.2, -0.15) is 10.4 Å². The average Bonchev–Trinajstić information content (AvgIpc) is 2.93. The number of anilines is 1. The lowest BCUT2D eigenvalue weighted by atomic mass is 10.1. The Morgan fingerprint density at radius 3 is 2.74 bits per heavy atom. The molecule has 1 heterocycles. The van der Waals surface area contributed by atoms with Crippen LogP contribution in [0.1, 0.15) is 0 Å². The fraction of sp³-hybridized carbons (Fsp3) is 0. The van der Waals surface area contributed by atoms with Crippen molar-refractivity contribution in [2.75, 3.05) is 5.43 Å². The Balaban J connectivity index is 2.32.